The van der Waals surface area contributed by atoms with Crippen LogP contribution in [0.5, 0.6) is 0 Å². The molecule has 0 fully saturated rings. The zero-order valence-corrected chi connectivity index (χ0v) is 12.6. The number of nitrogens with two attached hydrogens (primary N) is 1. The molecule has 0 amide bonds. The second kappa shape index (κ2) is 6.31. The summed E-state index contributed by atoms with van der Waals surface area (Å²) in [7, 11) is 0. The first-order valence-corrected chi connectivity index (χ1v) is 7.35. The summed E-state index contributed by atoms with van der Waals surface area (Å²) in [6.07, 6.45) is 0.904. The Morgan fingerprint density at radius 3 is 2.94 bits per heavy atom. The smallest absolute Gasteiger partial charge is 0.0797 e. The summed E-state index contributed by atoms with van der Waals surface area (Å²) < 4.78 is 6.68. The monoisotopic (exact) mass is 326 g/mol. The third-order valence-corrected chi connectivity index (χ3v) is 4.46. The van der Waals surface area contributed by atoms with Crippen LogP contribution in [-0.2, 0) is 17.8 Å². The maximum atomic E-state index is 5.90. The number of halogens is 1. The van der Waals surface area contributed by atoms with E-state index in [1.165, 1.54) is 4.88 Å². The molecule has 0 aliphatic carbocycles. The van der Waals surface area contributed by atoms with Crippen LogP contribution in [0.25, 0.3) is 0 Å². The van der Waals surface area contributed by atoms with E-state index in [1.54, 1.807) is 11.3 Å². The van der Waals surface area contributed by atoms with Gasteiger partial charge in [-0.25, -0.2) is 4.98 Å². The lowest BCUT2D eigenvalue weighted by molar-refractivity contribution is 0.124. The molecule has 1 aromatic carbocycles. The minimum absolute atomic E-state index is 0.533. The van der Waals surface area contributed by atoms with Crippen molar-refractivity contribution in [2.45, 2.75) is 20.0 Å². The number of hydrogen-bond donors (Lipinski definition) is 1. The van der Waals surface area contributed by atoms with Crippen LogP contribution in [0.1, 0.15) is 16.1 Å². The summed E-state index contributed by atoms with van der Waals surface area (Å²) in [4.78, 5) is 5.50. The van der Waals surface area contributed by atoms with Gasteiger partial charge in [0.15, 0.2) is 0 Å². The molecule has 0 saturated carbocycles. The number of hydrogen-bond acceptors (Lipinski definition) is 4. The minimum atomic E-state index is 0.533. The molecule has 0 aliphatic rings. The number of aryl methyl sites for hydroxylation is 1. The van der Waals surface area contributed by atoms with Crippen molar-refractivity contribution in [1.29, 1.82) is 0 Å². The van der Waals surface area contributed by atoms with Gasteiger partial charge in [-0.1, -0.05) is 22.0 Å². The normalized spacial score (nSPS) is 10.8. The van der Waals surface area contributed by atoms with E-state index in [1.807, 2.05) is 30.6 Å². The summed E-state index contributed by atoms with van der Waals surface area (Å²) in [5.74, 6) is 0. The van der Waals surface area contributed by atoms with Crippen molar-refractivity contribution in [3.8, 4) is 0 Å². The summed E-state index contributed by atoms with van der Waals surface area (Å²) in [5.41, 5.74) is 10.7. The highest BCUT2D eigenvalue weighted by Crippen LogP contribution is 2.23. The lowest BCUT2D eigenvalue weighted by Gasteiger charge is -2.08. The molecule has 2 aromatic rings. The fraction of sp³-hybridized carbons (Fsp3) is 0.308. The molecule has 96 valence electrons. The molecule has 2 rings (SSSR count). The molecule has 5 heteroatoms. The van der Waals surface area contributed by atoms with Gasteiger partial charge in [0.2, 0.25) is 0 Å². The molecular weight excluding hydrogens is 312 g/mol. The Bertz CT molecular complexity index is 507. The maximum absolute atomic E-state index is 5.90. The molecule has 1 heterocycles. The Hall–Kier alpha value is -0.910. The number of ether oxygens (including phenoxy) is 1. The van der Waals surface area contributed by atoms with E-state index in [9.17, 15) is 0 Å². The van der Waals surface area contributed by atoms with Crippen molar-refractivity contribution in [3.05, 3.63) is 44.3 Å². The van der Waals surface area contributed by atoms with E-state index in [4.69, 9.17) is 10.5 Å². The van der Waals surface area contributed by atoms with Crippen LogP contribution in [0.2, 0.25) is 0 Å². The Kier molecular flexibility index (Phi) is 4.74. The molecule has 3 nitrogen and oxygen atoms in total. The summed E-state index contributed by atoms with van der Waals surface area (Å²) in [6.45, 7) is 3.24. The maximum Gasteiger partial charge on any atom is 0.0797 e. The second-order valence-corrected chi connectivity index (χ2v) is 5.76. The van der Waals surface area contributed by atoms with Crippen molar-refractivity contribution >= 4 is 33.0 Å². The number of nitrogens with zero attached hydrogens (tertiary/aromatic N) is 1. The Balaban J connectivity index is 1.84. The largest absolute Gasteiger partial charge is 0.398 e. The number of nitrogen functional groups attached to an aromatic ring is 1. The highest BCUT2D eigenvalue weighted by molar-refractivity contribution is 9.10. The van der Waals surface area contributed by atoms with Crippen molar-refractivity contribution in [2.24, 2.45) is 0 Å². The third-order valence-electron chi connectivity index (χ3n) is 2.72. The molecule has 2 N–H and O–H groups in total. The van der Waals surface area contributed by atoms with Gasteiger partial charge in [-0.05, 0) is 19.1 Å². The molecule has 0 unspecified atom stereocenters. The molecule has 0 aliphatic heterocycles. The van der Waals surface area contributed by atoms with Crippen LogP contribution in [0.3, 0.4) is 0 Å². The minimum Gasteiger partial charge on any atom is -0.398 e. The molecule has 1 aromatic heterocycles. The molecule has 0 saturated heterocycles. The first kappa shape index (κ1) is 13.5. The van der Waals surface area contributed by atoms with Gasteiger partial charge < -0.3 is 10.5 Å². The van der Waals surface area contributed by atoms with Gasteiger partial charge in [0.1, 0.15) is 0 Å². The van der Waals surface area contributed by atoms with E-state index in [0.29, 0.717) is 13.2 Å². The number of aromatic nitrogens is 1. The van der Waals surface area contributed by atoms with Crippen molar-refractivity contribution in [1.82, 2.24) is 4.98 Å². The molecule has 0 atom stereocenters. The average Bonchev–Trinajstić information content (AvgIpc) is 2.73. The second-order valence-electron chi connectivity index (χ2n) is 3.97. The van der Waals surface area contributed by atoms with Gasteiger partial charge >= 0.3 is 0 Å². The highest BCUT2D eigenvalue weighted by Gasteiger charge is 2.05. The van der Waals surface area contributed by atoms with Crippen LogP contribution in [0.4, 0.5) is 5.69 Å². The predicted octanol–water partition coefficient (Wildman–Crippen LogP) is 3.56. The van der Waals surface area contributed by atoms with E-state index in [0.717, 1.165) is 27.8 Å². The number of benzene rings is 1. The summed E-state index contributed by atoms with van der Waals surface area (Å²) in [5, 5.41) is 0. The number of anilines is 1. The zero-order chi connectivity index (χ0) is 13.0. The standard InChI is InChI=1S/C13H15BrN2OS/c1-9-13(18-8-16-9)5-6-17-7-10-11(14)3-2-4-12(10)15/h2-4,8H,5-7,15H2,1H3. The zero-order valence-electron chi connectivity index (χ0n) is 10.1. The van der Waals surface area contributed by atoms with Gasteiger partial charge in [0, 0.05) is 27.0 Å². The highest BCUT2D eigenvalue weighted by atomic mass is 79.9. The SMILES string of the molecule is Cc1ncsc1CCOCc1c(N)cccc1Br. The summed E-state index contributed by atoms with van der Waals surface area (Å²) >= 11 is 5.16. The lowest BCUT2D eigenvalue weighted by atomic mass is 10.2. The van der Waals surface area contributed by atoms with Crippen LogP contribution in [0, 0.1) is 6.92 Å². The van der Waals surface area contributed by atoms with E-state index in [2.05, 4.69) is 20.9 Å². The van der Waals surface area contributed by atoms with Crippen molar-refractivity contribution in [2.75, 3.05) is 12.3 Å². The van der Waals surface area contributed by atoms with Crippen LogP contribution < -0.4 is 5.73 Å². The van der Waals surface area contributed by atoms with E-state index >= 15 is 0 Å². The fourth-order valence-corrected chi connectivity index (χ4v) is 2.89. The fourth-order valence-electron chi connectivity index (χ4n) is 1.63. The first-order valence-electron chi connectivity index (χ1n) is 5.68. The number of thiazole rings is 1. The van der Waals surface area contributed by atoms with Gasteiger partial charge in [0.25, 0.3) is 0 Å². The Morgan fingerprint density at radius 2 is 2.28 bits per heavy atom. The van der Waals surface area contributed by atoms with Crippen LogP contribution >= 0.6 is 27.3 Å². The van der Waals surface area contributed by atoms with E-state index < -0.39 is 0 Å². The van der Waals surface area contributed by atoms with Crippen molar-refractivity contribution < 1.29 is 4.74 Å². The molecule has 0 bridgehead atoms. The third kappa shape index (κ3) is 3.31. The van der Waals surface area contributed by atoms with Gasteiger partial charge in [-0.3, -0.25) is 0 Å². The van der Waals surface area contributed by atoms with E-state index in [-0.39, 0.29) is 0 Å². The van der Waals surface area contributed by atoms with Gasteiger partial charge in [-0.15, -0.1) is 11.3 Å². The first-order chi connectivity index (χ1) is 8.68. The van der Waals surface area contributed by atoms with Crippen molar-refractivity contribution in [3.63, 3.8) is 0 Å². The molecule has 0 spiro atoms. The quantitative estimate of drug-likeness (QED) is 0.675. The molecular formula is C13H15BrN2OS. The topological polar surface area (TPSA) is 48.1 Å². The van der Waals surface area contributed by atoms with Gasteiger partial charge in [0.05, 0.1) is 24.4 Å². The average molecular weight is 327 g/mol. The van der Waals surface area contributed by atoms with Gasteiger partial charge in [-0.2, -0.15) is 0 Å². The molecule has 18 heavy (non-hydrogen) atoms. The van der Waals surface area contributed by atoms with Crippen LogP contribution in [0.15, 0.2) is 28.2 Å². The Labute approximate surface area is 119 Å². The predicted molar refractivity (Wildman–Crippen MR) is 78.8 cm³/mol. The van der Waals surface area contributed by atoms with Crippen LogP contribution in [-0.4, -0.2) is 11.6 Å². The lowest BCUT2D eigenvalue weighted by Crippen LogP contribution is -2.02. The summed E-state index contributed by atoms with van der Waals surface area (Å²) in [6, 6.07) is 5.78. The number of rotatable bonds is 5. The Morgan fingerprint density at radius 1 is 1.44 bits per heavy atom. The molecule has 0 radical (unpaired) electrons.